The maximum Gasteiger partial charge on any atom is 0.316 e. The summed E-state index contributed by atoms with van der Waals surface area (Å²) in [5.41, 5.74) is 2.10. The third kappa shape index (κ3) is 4.42. The van der Waals surface area contributed by atoms with Crippen LogP contribution in [0, 0.1) is 12.7 Å². The van der Waals surface area contributed by atoms with E-state index in [4.69, 9.17) is 16.3 Å². The highest BCUT2D eigenvalue weighted by Crippen LogP contribution is 2.24. The van der Waals surface area contributed by atoms with E-state index in [9.17, 15) is 9.18 Å². The Morgan fingerprint density at radius 2 is 2.12 bits per heavy atom. The number of carbonyl (C=O) groups excluding carboxylic acids is 1. The van der Waals surface area contributed by atoms with Crippen LogP contribution in [-0.4, -0.2) is 26.5 Å². The van der Waals surface area contributed by atoms with E-state index >= 15 is 0 Å². The highest BCUT2D eigenvalue weighted by molar-refractivity contribution is 7.99. The molecule has 26 heavy (non-hydrogen) atoms. The molecule has 134 valence electrons. The quantitative estimate of drug-likeness (QED) is 0.465. The van der Waals surface area contributed by atoms with E-state index in [1.54, 1.807) is 35.2 Å². The molecule has 0 aliphatic rings. The lowest BCUT2D eigenvalue weighted by Crippen LogP contribution is -2.09. The number of benzene rings is 2. The SMILES string of the molecule is Cc1ccc(-n2cnnc2SCC(=O)OCc2ccccc2F)cc1Cl. The maximum absolute atomic E-state index is 13.5. The van der Waals surface area contributed by atoms with Gasteiger partial charge in [0.1, 0.15) is 18.8 Å². The van der Waals surface area contributed by atoms with Gasteiger partial charge in [0.2, 0.25) is 0 Å². The molecule has 8 heteroatoms. The van der Waals surface area contributed by atoms with Gasteiger partial charge in [0.15, 0.2) is 5.16 Å². The normalized spacial score (nSPS) is 10.7. The summed E-state index contributed by atoms with van der Waals surface area (Å²) in [5.74, 6) is -0.828. The Balaban J connectivity index is 1.60. The second-order valence-corrected chi connectivity index (χ2v) is 6.81. The lowest BCUT2D eigenvalue weighted by atomic mass is 10.2. The minimum atomic E-state index is -0.463. The molecule has 0 aliphatic heterocycles. The predicted octanol–water partition coefficient (Wildman–Crippen LogP) is 4.20. The number of carbonyl (C=O) groups is 1. The van der Waals surface area contributed by atoms with Gasteiger partial charge in [0.05, 0.1) is 11.4 Å². The minimum Gasteiger partial charge on any atom is -0.460 e. The molecule has 0 N–H and O–H groups in total. The highest BCUT2D eigenvalue weighted by atomic mass is 35.5. The summed E-state index contributed by atoms with van der Waals surface area (Å²) in [6.07, 6.45) is 1.55. The Bertz CT molecular complexity index is 932. The Morgan fingerprint density at radius 3 is 2.88 bits per heavy atom. The summed E-state index contributed by atoms with van der Waals surface area (Å²) in [5, 5.41) is 9.07. The summed E-state index contributed by atoms with van der Waals surface area (Å²) in [6.45, 7) is 1.81. The molecule has 0 amide bonds. The molecule has 1 heterocycles. The van der Waals surface area contributed by atoms with Crippen molar-refractivity contribution in [2.75, 3.05) is 5.75 Å². The van der Waals surface area contributed by atoms with Crippen molar-refractivity contribution in [1.82, 2.24) is 14.8 Å². The molecule has 0 bridgehead atoms. The fourth-order valence-corrected chi connectivity index (χ4v) is 3.07. The van der Waals surface area contributed by atoms with Crippen molar-refractivity contribution in [3.05, 3.63) is 70.8 Å². The smallest absolute Gasteiger partial charge is 0.316 e. The van der Waals surface area contributed by atoms with Crippen molar-refractivity contribution in [3.63, 3.8) is 0 Å². The highest BCUT2D eigenvalue weighted by Gasteiger charge is 2.12. The first-order chi connectivity index (χ1) is 12.5. The van der Waals surface area contributed by atoms with Gasteiger partial charge in [-0.1, -0.05) is 47.6 Å². The zero-order chi connectivity index (χ0) is 18.5. The maximum atomic E-state index is 13.5. The lowest BCUT2D eigenvalue weighted by Gasteiger charge is -2.08. The van der Waals surface area contributed by atoms with Gasteiger partial charge in [0.25, 0.3) is 0 Å². The Morgan fingerprint density at radius 1 is 1.31 bits per heavy atom. The molecule has 0 radical (unpaired) electrons. The van der Waals surface area contributed by atoms with Gasteiger partial charge in [-0.25, -0.2) is 4.39 Å². The largest absolute Gasteiger partial charge is 0.460 e. The van der Waals surface area contributed by atoms with Crippen LogP contribution in [0.5, 0.6) is 0 Å². The molecular weight excluding hydrogens is 377 g/mol. The molecule has 0 saturated carbocycles. The molecule has 0 fully saturated rings. The van der Waals surface area contributed by atoms with Crippen LogP contribution in [0.15, 0.2) is 53.9 Å². The number of aryl methyl sites for hydroxylation is 1. The zero-order valence-corrected chi connectivity index (χ0v) is 15.4. The van der Waals surface area contributed by atoms with Gasteiger partial charge < -0.3 is 4.74 Å². The second-order valence-electron chi connectivity index (χ2n) is 5.46. The number of thioether (sulfide) groups is 1. The summed E-state index contributed by atoms with van der Waals surface area (Å²) in [6, 6.07) is 11.8. The van der Waals surface area contributed by atoms with Gasteiger partial charge in [-0.15, -0.1) is 10.2 Å². The average molecular weight is 392 g/mol. The second kappa shape index (κ2) is 8.33. The third-order valence-electron chi connectivity index (χ3n) is 3.62. The van der Waals surface area contributed by atoms with Crippen LogP contribution in [0.3, 0.4) is 0 Å². The first-order valence-corrected chi connectivity index (χ1v) is 9.09. The number of esters is 1. The molecule has 3 aromatic rings. The van der Waals surface area contributed by atoms with E-state index in [0.717, 1.165) is 11.3 Å². The number of hydrogen-bond acceptors (Lipinski definition) is 5. The van der Waals surface area contributed by atoms with Crippen molar-refractivity contribution in [3.8, 4) is 5.69 Å². The Kier molecular flexibility index (Phi) is 5.90. The Hall–Kier alpha value is -2.38. The van der Waals surface area contributed by atoms with Gasteiger partial charge in [0, 0.05) is 10.6 Å². The average Bonchev–Trinajstić information content (AvgIpc) is 3.10. The van der Waals surface area contributed by atoms with Crippen molar-refractivity contribution in [2.45, 2.75) is 18.7 Å². The number of halogens is 2. The van der Waals surface area contributed by atoms with E-state index < -0.39 is 11.8 Å². The number of hydrogen-bond donors (Lipinski definition) is 0. The molecule has 0 aliphatic carbocycles. The van der Waals surface area contributed by atoms with Crippen LogP contribution in [0.1, 0.15) is 11.1 Å². The number of ether oxygens (including phenoxy) is 1. The summed E-state index contributed by atoms with van der Waals surface area (Å²) in [4.78, 5) is 11.9. The van der Waals surface area contributed by atoms with E-state index in [1.165, 1.54) is 17.8 Å². The van der Waals surface area contributed by atoms with Crippen LogP contribution in [-0.2, 0) is 16.1 Å². The van der Waals surface area contributed by atoms with Gasteiger partial charge in [-0.2, -0.15) is 0 Å². The molecule has 3 rings (SSSR count). The standard InChI is InChI=1S/C18H15ClFN3O2S/c1-12-6-7-14(8-15(12)19)23-11-21-22-18(23)26-10-17(24)25-9-13-4-2-3-5-16(13)20/h2-8,11H,9-10H2,1H3. The topological polar surface area (TPSA) is 57.0 Å². The molecule has 0 saturated heterocycles. The number of nitrogens with zero attached hydrogens (tertiary/aromatic N) is 3. The minimum absolute atomic E-state index is 0.0345. The van der Waals surface area contributed by atoms with Crippen LogP contribution in [0.2, 0.25) is 5.02 Å². The molecule has 0 spiro atoms. The molecule has 1 aromatic heterocycles. The van der Waals surface area contributed by atoms with Crippen molar-refractivity contribution < 1.29 is 13.9 Å². The van der Waals surface area contributed by atoms with Crippen molar-refractivity contribution >= 4 is 29.3 Å². The van der Waals surface area contributed by atoms with E-state index in [0.29, 0.717) is 15.7 Å². The van der Waals surface area contributed by atoms with E-state index in [2.05, 4.69) is 10.2 Å². The van der Waals surface area contributed by atoms with Crippen LogP contribution in [0.4, 0.5) is 4.39 Å². The lowest BCUT2D eigenvalue weighted by molar-refractivity contribution is -0.141. The Labute approximate surface area is 159 Å². The zero-order valence-electron chi connectivity index (χ0n) is 13.9. The third-order valence-corrected chi connectivity index (χ3v) is 4.94. The van der Waals surface area contributed by atoms with Crippen LogP contribution in [0.25, 0.3) is 5.69 Å². The van der Waals surface area contributed by atoms with E-state index in [1.807, 2.05) is 19.1 Å². The monoisotopic (exact) mass is 391 g/mol. The van der Waals surface area contributed by atoms with Gasteiger partial charge in [-0.05, 0) is 30.7 Å². The summed E-state index contributed by atoms with van der Waals surface area (Å²) in [7, 11) is 0. The molecule has 0 atom stereocenters. The van der Waals surface area contributed by atoms with Crippen LogP contribution >= 0.6 is 23.4 Å². The van der Waals surface area contributed by atoms with Crippen LogP contribution < -0.4 is 0 Å². The van der Waals surface area contributed by atoms with E-state index in [-0.39, 0.29) is 12.4 Å². The summed E-state index contributed by atoms with van der Waals surface area (Å²) < 4.78 is 20.4. The molecular formula is C18H15ClFN3O2S. The first kappa shape index (κ1) is 18.4. The predicted molar refractivity (Wildman–Crippen MR) is 98.0 cm³/mol. The molecule has 0 unspecified atom stereocenters. The van der Waals surface area contributed by atoms with Crippen molar-refractivity contribution in [1.29, 1.82) is 0 Å². The first-order valence-electron chi connectivity index (χ1n) is 7.73. The summed E-state index contributed by atoms with van der Waals surface area (Å²) >= 11 is 7.34. The molecule has 5 nitrogen and oxygen atoms in total. The van der Waals surface area contributed by atoms with Gasteiger partial charge in [-0.3, -0.25) is 9.36 Å². The van der Waals surface area contributed by atoms with Gasteiger partial charge >= 0.3 is 5.97 Å². The fourth-order valence-electron chi connectivity index (χ4n) is 2.17. The number of aromatic nitrogens is 3. The fraction of sp³-hybridized carbons (Fsp3) is 0.167. The van der Waals surface area contributed by atoms with Crippen molar-refractivity contribution in [2.24, 2.45) is 0 Å². The molecule has 2 aromatic carbocycles. The number of rotatable bonds is 6.